The van der Waals surface area contributed by atoms with Crippen LogP contribution in [0, 0.1) is 11.3 Å². The number of carbonyl (C=O) groups is 1. The Hall–Kier alpha value is -1.23. The van der Waals surface area contributed by atoms with E-state index in [0.29, 0.717) is 17.6 Å². The minimum Gasteiger partial charge on any atom is -0.392 e. The molecule has 19 heavy (non-hydrogen) atoms. The molecular weight excluding hydrogens is 244 g/mol. The van der Waals surface area contributed by atoms with E-state index >= 15 is 0 Å². The number of carbonyl (C=O) groups excluding carboxylic acids is 1. The zero-order valence-corrected chi connectivity index (χ0v) is 11.3. The van der Waals surface area contributed by atoms with Gasteiger partial charge in [0, 0.05) is 11.8 Å². The third-order valence-corrected chi connectivity index (χ3v) is 4.56. The molecule has 2 aliphatic carbocycles. The SMILES string of the molecule is C[C@H]1CC(=O)C=C2C=CC(=C(CO)CO)[C@H](O)[C@@]21C. The molecule has 0 saturated heterocycles. The van der Waals surface area contributed by atoms with Gasteiger partial charge >= 0.3 is 0 Å². The second-order valence-corrected chi connectivity index (χ2v) is 5.56. The molecule has 0 unspecified atom stereocenters. The summed E-state index contributed by atoms with van der Waals surface area (Å²) in [6.07, 6.45) is 4.67. The van der Waals surface area contributed by atoms with E-state index < -0.39 is 11.5 Å². The lowest BCUT2D eigenvalue weighted by Crippen LogP contribution is -2.45. The molecule has 3 atom stereocenters. The predicted molar refractivity (Wildman–Crippen MR) is 71.3 cm³/mol. The standard InChI is InChI=1S/C15H20O4/c1-9-5-12(18)6-11-3-4-13(10(7-16)8-17)14(19)15(9,11)2/h3-4,6,9,14,16-17,19H,5,7-8H2,1-2H3/t9-,14-,15+/m0/s1. The number of aliphatic hydroxyl groups is 3. The lowest BCUT2D eigenvalue weighted by atomic mass is 9.59. The fraction of sp³-hybridized carbons (Fsp3) is 0.533. The predicted octanol–water partition coefficient (Wildman–Crippen LogP) is 0.740. The van der Waals surface area contributed by atoms with Crippen LogP contribution in [0.1, 0.15) is 20.3 Å². The van der Waals surface area contributed by atoms with E-state index in [-0.39, 0.29) is 24.9 Å². The van der Waals surface area contributed by atoms with E-state index in [9.17, 15) is 20.1 Å². The van der Waals surface area contributed by atoms with Gasteiger partial charge in [-0.15, -0.1) is 0 Å². The van der Waals surface area contributed by atoms with Gasteiger partial charge in [-0.25, -0.2) is 0 Å². The van der Waals surface area contributed by atoms with Crippen LogP contribution in [0.25, 0.3) is 0 Å². The Balaban J connectivity index is 2.57. The first-order chi connectivity index (χ1) is 8.94. The van der Waals surface area contributed by atoms with Crippen molar-refractivity contribution < 1.29 is 20.1 Å². The largest absolute Gasteiger partial charge is 0.392 e. The molecule has 0 spiro atoms. The lowest BCUT2D eigenvalue weighted by molar-refractivity contribution is -0.117. The fourth-order valence-corrected chi connectivity index (χ4v) is 2.98. The molecule has 0 aromatic carbocycles. The third kappa shape index (κ3) is 2.10. The second-order valence-electron chi connectivity index (χ2n) is 5.56. The number of ketones is 1. The normalized spacial score (nSPS) is 34.1. The summed E-state index contributed by atoms with van der Waals surface area (Å²) in [5.41, 5.74) is 1.26. The van der Waals surface area contributed by atoms with Crippen LogP contribution >= 0.6 is 0 Å². The number of rotatable bonds is 2. The maximum absolute atomic E-state index is 11.6. The van der Waals surface area contributed by atoms with Gasteiger partial charge in [0.05, 0.1) is 19.3 Å². The van der Waals surface area contributed by atoms with Crippen LogP contribution < -0.4 is 0 Å². The highest BCUT2D eigenvalue weighted by atomic mass is 16.3. The smallest absolute Gasteiger partial charge is 0.156 e. The fourth-order valence-electron chi connectivity index (χ4n) is 2.98. The van der Waals surface area contributed by atoms with E-state index in [4.69, 9.17) is 0 Å². The van der Waals surface area contributed by atoms with Gasteiger partial charge in [-0.3, -0.25) is 4.79 Å². The van der Waals surface area contributed by atoms with Gasteiger partial charge < -0.3 is 15.3 Å². The van der Waals surface area contributed by atoms with Gasteiger partial charge in [-0.2, -0.15) is 0 Å². The number of hydrogen-bond acceptors (Lipinski definition) is 4. The summed E-state index contributed by atoms with van der Waals surface area (Å²) < 4.78 is 0. The average molecular weight is 264 g/mol. The molecule has 4 nitrogen and oxygen atoms in total. The van der Waals surface area contributed by atoms with Crippen molar-refractivity contribution in [3.63, 3.8) is 0 Å². The summed E-state index contributed by atoms with van der Waals surface area (Å²) in [6.45, 7) is 3.31. The van der Waals surface area contributed by atoms with Crippen molar-refractivity contribution in [1.82, 2.24) is 0 Å². The summed E-state index contributed by atoms with van der Waals surface area (Å²) in [5.74, 6) is 0.0855. The van der Waals surface area contributed by atoms with Crippen molar-refractivity contribution in [3.8, 4) is 0 Å². The van der Waals surface area contributed by atoms with Crippen molar-refractivity contribution in [2.24, 2.45) is 11.3 Å². The van der Waals surface area contributed by atoms with E-state index in [0.717, 1.165) is 5.57 Å². The van der Waals surface area contributed by atoms with E-state index in [1.165, 1.54) is 0 Å². The Morgan fingerprint density at radius 1 is 1.37 bits per heavy atom. The Kier molecular flexibility index (Phi) is 3.76. The van der Waals surface area contributed by atoms with E-state index in [1.54, 1.807) is 18.2 Å². The molecule has 0 fully saturated rings. The Morgan fingerprint density at radius 3 is 2.58 bits per heavy atom. The molecule has 0 heterocycles. The average Bonchev–Trinajstić information content (AvgIpc) is 2.37. The van der Waals surface area contributed by atoms with Gasteiger partial charge in [0.2, 0.25) is 0 Å². The molecule has 2 aliphatic rings. The number of fused-ring (bicyclic) bond motifs is 1. The van der Waals surface area contributed by atoms with Crippen molar-refractivity contribution in [1.29, 1.82) is 0 Å². The first-order valence-electron chi connectivity index (χ1n) is 6.50. The van der Waals surface area contributed by atoms with Crippen molar-refractivity contribution in [2.45, 2.75) is 26.4 Å². The highest BCUT2D eigenvalue weighted by molar-refractivity contribution is 5.92. The molecule has 0 aliphatic heterocycles. The topological polar surface area (TPSA) is 77.8 Å². The van der Waals surface area contributed by atoms with E-state index in [1.807, 2.05) is 13.8 Å². The van der Waals surface area contributed by atoms with Gasteiger partial charge in [0.15, 0.2) is 5.78 Å². The Morgan fingerprint density at radius 2 is 2.00 bits per heavy atom. The third-order valence-electron chi connectivity index (χ3n) is 4.56. The van der Waals surface area contributed by atoms with Crippen LogP contribution in [-0.4, -0.2) is 40.4 Å². The lowest BCUT2D eigenvalue weighted by Gasteiger charge is -2.46. The quantitative estimate of drug-likeness (QED) is 0.687. The zero-order valence-electron chi connectivity index (χ0n) is 11.3. The van der Waals surface area contributed by atoms with Crippen LogP contribution in [0.4, 0.5) is 0 Å². The Bertz CT molecular complexity index is 480. The van der Waals surface area contributed by atoms with Gasteiger partial charge in [-0.1, -0.05) is 26.0 Å². The van der Waals surface area contributed by atoms with Crippen LogP contribution in [-0.2, 0) is 4.79 Å². The molecule has 0 aromatic heterocycles. The summed E-state index contributed by atoms with van der Waals surface area (Å²) in [6, 6.07) is 0. The first kappa shape index (κ1) is 14.2. The highest BCUT2D eigenvalue weighted by Crippen LogP contribution is 2.49. The van der Waals surface area contributed by atoms with Crippen molar-refractivity contribution in [3.05, 3.63) is 34.9 Å². The molecule has 4 heteroatoms. The summed E-state index contributed by atoms with van der Waals surface area (Å²) in [7, 11) is 0. The van der Waals surface area contributed by atoms with Gasteiger partial charge in [0.1, 0.15) is 0 Å². The van der Waals surface area contributed by atoms with Crippen LogP contribution in [0.3, 0.4) is 0 Å². The Labute approximate surface area is 112 Å². The molecule has 0 bridgehead atoms. The van der Waals surface area contributed by atoms with Gasteiger partial charge in [0.25, 0.3) is 0 Å². The van der Waals surface area contributed by atoms with Gasteiger partial charge in [-0.05, 0) is 28.7 Å². The zero-order chi connectivity index (χ0) is 14.2. The van der Waals surface area contributed by atoms with Crippen molar-refractivity contribution >= 4 is 5.78 Å². The summed E-state index contributed by atoms with van der Waals surface area (Å²) in [4.78, 5) is 11.6. The number of aliphatic hydroxyl groups excluding tert-OH is 3. The molecule has 0 amide bonds. The van der Waals surface area contributed by atoms with E-state index in [2.05, 4.69) is 0 Å². The summed E-state index contributed by atoms with van der Waals surface area (Å²) >= 11 is 0. The maximum Gasteiger partial charge on any atom is 0.156 e. The van der Waals surface area contributed by atoms with Crippen LogP contribution in [0.15, 0.2) is 34.9 Å². The number of allylic oxidation sites excluding steroid dienone is 2. The monoisotopic (exact) mass is 264 g/mol. The number of hydrogen-bond donors (Lipinski definition) is 3. The molecule has 104 valence electrons. The molecule has 0 radical (unpaired) electrons. The summed E-state index contributed by atoms with van der Waals surface area (Å²) in [5, 5.41) is 29.1. The molecule has 0 saturated carbocycles. The van der Waals surface area contributed by atoms with Crippen LogP contribution in [0.2, 0.25) is 0 Å². The van der Waals surface area contributed by atoms with Crippen molar-refractivity contribution in [2.75, 3.05) is 13.2 Å². The molecule has 0 aromatic rings. The second kappa shape index (κ2) is 5.04. The highest BCUT2D eigenvalue weighted by Gasteiger charge is 2.47. The minimum absolute atomic E-state index is 0.00795. The van der Waals surface area contributed by atoms with Crippen LogP contribution in [0.5, 0.6) is 0 Å². The molecule has 2 rings (SSSR count). The molecule has 3 N–H and O–H groups in total. The first-order valence-corrected chi connectivity index (χ1v) is 6.50. The molecular formula is C15H20O4. The minimum atomic E-state index is -0.818. The maximum atomic E-state index is 11.6.